The predicted octanol–water partition coefficient (Wildman–Crippen LogP) is 4.97. The number of benzene rings is 1. The summed E-state index contributed by atoms with van der Waals surface area (Å²) in [6.07, 6.45) is -5.56. The molecule has 1 aromatic carbocycles. The standard InChI is InChI=1S/C18H14F5N3O/c1-10-5-15(11-3-4-13(19)14(20)7-11)24-16(6-10)27-17-8-12(25-26(17)2)9-18(21,22)23/h3-8H,9H2,1-2H3. The zero-order chi connectivity index (χ0) is 19.8. The van der Waals surface area contributed by atoms with Crippen LogP contribution in [0.2, 0.25) is 0 Å². The number of halogens is 5. The van der Waals surface area contributed by atoms with Gasteiger partial charge in [0.05, 0.1) is 17.8 Å². The summed E-state index contributed by atoms with van der Waals surface area (Å²) in [6, 6.07) is 7.76. The highest BCUT2D eigenvalue weighted by molar-refractivity contribution is 5.60. The minimum atomic E-state index is -4.38. The van der Waals surface area contributed by atoms with Crippen LogP contribution >= 0.6 is 0 Å². The first-order valence-electron chi connectivity index (χ1n) is 7.82. The van der Waals surface area contributed by atoms with E-state index in [0.29, 0.717) is 11.3 Å². The van der Waals surface area contributed by atoms with E-state index in [9.17, 15) is 22.0 Å². The smallest absolute Gasteiger partial charge is 0.394 e. The van der Waals surface area contributed by atoms with E-state index in [1.54, 1.807) is 19.1 Å². The fraction of sp³-hybridized carbons (Fsp3) is 0.222. The second kappa shape index (κ2) is 6.98. The van der Waals surface area contributed by atoms with Crippen LogP contribution in [0.15, 0.2) is 36.4 Å². The first kappa shape index (κ1) is 18.8. The summed E-state index contributed by atoms with van der Waals surface area (Å²) in [6.45, 7) is 1.75. The van der Waals surface area contributed by atoms with Gasteiger partial charge in [0.2, 0.25) is 11.8 Å². The molecular weight excluding hydrogens is 369 g/mol. The molecule has 9 heteroatoms. The van der Waals surface area contributed by atoms with Gasteiger partial charge < -0.3 is 4.74 Å². The summed E-state index contributed by atoms with van der Waals surface area (Å²) in [5, 5.41) is 3.77. The summed E-state index contributed by atoms with van der Waals surface area (Å²) in [7, 11) is 1.45. The van der Waals surface area contributed by atoms with Crippen LogP contribution in [-0.4, -0.2) is 20.9 Å². The van der Waals surface area contributed by atoms with Crippen LogP contribution in [0.3, 0.4) is 0 Å². The molecule has 0 bridgehead atoms. The molecule has 2 heterocycles. The Balaban J connectivity index is 1.90. The molecule has 0 N–H and O–H groups in total. The largest absolute Gasteiger partial charge is 0.421 e. The number of hydrogen-bond donors (Lipinski definition) is 0. The van der Waals surface area contributed by atoms with Crippen LogP contribution in [0.4, 0.5) is 22.0 Å². The molecule has 0 aliphatic rings. The fourth-order valence-corrected chi connectivity index (χ4v) is 2.49. The van der Waals surface area contributed by atoms with Crippen molar-refractivity contribution in [1.82, 2.24) is 14.8 Å². The zero-order valence-corrected chi connectivity index (χ0v) is 14.3. The van der Waals surface area contributed by atoms with Crippen molar-refractivity contribution in [2.75, 3.05) is 0 Å². The van der Waals surface area contributed by atoms with Gasteiger partial charge in [-0.3, -0.25) is 0 Å². The Labute approximate surface area is 151 Å². The average Bonchev–Trinajstić information content (AvgIpc) is 2.86. The van der Waals surface area contributed by atoms with Crippen LogP contribution in [-0.2, 0) is 13.5 Å². The molecule has 0 spiro atoms. The molecule has 3 aromatic rings. The van der Waals surface area contributed by atoms with Crippen molar-refractivity contribution in [2.45, 2.75) is 19.5 Å². The molecule has 0 atom stereocenters. The maximum atomic E-state index is 13.5. The summed E-state index contributed by atoms with van der Waals surface area (Å²) in [4.78, 5) is 4.22. The summed E-state index contributed by atoms with van der Waals surface area (Å²) >= 11 is 0. The molecule has 0 saturated heterocycles. The van der Waals surface area contributed by atoms with E-state index >= 15 is 0 Å². The highest BCUT2D eigenvalue weighted by atomic mass is 19.4. The van der Waals surface area contributed by atoms with Crippen LogP contribution in [0.25, 0.3) is 11.3 Å². The molecule has 0 saturated carbocycles. The molecule has 3 rings (SSSR count). The van der Waals surface area contributed by atoms with Gasteiger partial charge in [-0.2, -0.15) is 18.3 Å². The first-order valence-corrected chi connectivity index (χ1v) is 7.82. The van der Waals surface area contributed by atoms with E-state index in [0.717, 1.165) is 17.7 Å². The van der Waals surface area contributed by atoms with Gasteiger partial charge in [-0.1, -0.05) is 0 Å². The number of ether oxygens (including phenoxy) is 1. The van der Waals surface area contributed by atoms with Crippen LogP contribution < -0.4 is 4.74 Å². The average molecular weight is 383 g/mol. The van der Waals surface area contributed by atoms with E-state index in [2.05, 4.69) is 10.1 Å². The van der Waals surface area contributed by atoms with Crippen LogP contribution in [0.5, 0.6) is 11.8 Å². The monoisotopic (exact) mass is 383 g/mol. The second-order valence-corrected chi connectivity index (χ2v) is 5.99. The minimum Gasteiger partial charge on any atom is -0.421 e. The molecular formula is C18H14F5N3O. The van der Waals surface area contributed by atoms with Gasteiger partial charge >= 0.3 is 6.18 Å². The fourth-order valence-electron chi connectivity index (χ4n) is 2.49. The van der Waals surface area contributed by atoms with Gasteiger partial charge in [-0.25, -0.2) is 18.4 Å². The van der Waals surface area contributed by atoms with Crippen molar-refractivity contribution >= 4 is 0 Å². The minimum absolute atomic E-state index is 0.0728. The quantitative estimate of drug-likeness (QED) is 0.598. The third-order valence-electron chi connectivity index (χ3n) is 3.64. The number of rotatable bonds is 4. The third kappa shape index (κ3) is 4.60. The van der Waals surface area contributed by atoms with Gasteiger partial charge in [0, 0.05) is 24.7 Å². The van der Waals surface area contributed by atoms with E-state index in [1.807, 2.05) is 0 Å². The van der Waals surface area contributed by atoms with Gasteiger partial charge in [0.25, 0.3) is 0 Å². The van der Waals surface area contributed by atoms with Crippen molar-refractivity contribution in [3.8, 4) is 23.0 Å². The molecule has 0 aliphatic heterocycles. The van der Waals surface area contributed by atoms with Crippen molar-refractivity contribution < 1.29 is 26.7 Å². The van der Waals surface area contributed by atoms with Crippen molar-refractivity contribution in [3.05, 3.63) is 59.3 Å². The zero-order valence-electron chi connectivity index (χ0n) is 14.3. The maximum absolute atomic E-state index is 13.5. The Morgan fingerprint density at radius 3 is 2.44 bits per heavy atom. The Morgan fingerprint density at radius 1 is 1.04 bits per heavy atom. The van der Waals surface area contributed by atoms with Crippen LogP contribution in [0.1, 0.15) is 11.3 Å². The van der Waals surface area contributed by atoms with E-state index in [1.165, 1.54) is 23.9 Å². The molecule has 27 heavy (non-hydrogen) atoms. The van der Waals surface area contributed by atoms with Crippen LogP contribution in [0, 0.1) is 18.6 Å². The second-order valence-electron chi connectivity index (χ2n) is 5.99. The first-order chi connectivity index (χ1) is 12.6. The lowest BCUT2D eigenvalue weighted by Crippen LogP contribution is -2.12. The van der Waals surface area contributed by atoms with E-state index in [-0.39, 0.29) is 17.5 Å². The van der Waals surface area contributed by atoms with E-state index < -0.39 is 24.2 Å². The lowest BCUT2D eigenvalue weighted by molar-refractivity contribution is -0.127. The molecule has 4 nitrogen and oxygen atoms in total. The molecule has 0 aliphatic carbocycles. The number of alkyl halides is 3. The Kier molecular flexibility index (Phi) is 4.86. The SMILES string of the molecule is Cc1cc(Oc2cc(CC(F)(F)F)nn2C)nc(-c2ccc(F)c(F)c2)c1. The van der Waals surface area contributed by atoms with E-state index in [4.69, 9.17) is 4.74 Å². The molecule has 0 fully saturated rings. The Morgan fingerprint density at radius 2 is 1.78 bits per heavy atom. The van der Waals surface area contributed by atoms with Gasteiger partial charge in [0.15, 0.2) is 11.6 Å². The highest BCUT2D eigenvalue weighted by Gasteiger charge is 2.29. The number of pyridine rings is 1. The predicted molar refractivity (Wildman–Crippen MR) is 87.4 cm³/mol. The number of aromatic nitrogens is 3. The topological polar surface area (TPSA) is 39.9 Å². The molecule has 142 valence electrons. The molecule has 0 unspecified atom stereocenters. The Hall–Kier alpha value is -2.97. The normalized spacial score (nSPS) is 11.7. The highest BCUT2D eigenvalue weighted by Crippen LogP contribution is 2.28. The third-order valence-corrected chi connectivity index (χ3v) is 3.64. The van der Waals surface area contributed by atoms with Crippen molar-refractivity contribution in [3.63, 3.8) is 0 Å². The summed E-state index contributed by atoms with van der Waals surface area (Å²) in [5.41, 5.74) is 1.21. The number of aryl methyl sites for hydroxylation is 2. The lowest BCUT2D eigenvalue weighted by atomic mass is 10.1. The van der Waals surface area contributed by atoms with Gasteiger partial charge in [0.1, 0.15) is 0 Å². The van der Waals surface area contributed by atoms with Crippen molar-refractivity contribution in [2.24, 2.45) is 7.05 Å². The lowest BCUT2D eigenvalue weighted by Gasteiger charge is -2.09. The molecule has 0 amide bonds. The summed E-state index contributed by atoms with van der Waals surface area (Å²) < 4.78 is 70.8. The Bertz CT molecular complexity index is 982. The maximum Gasteiger partial charge on any atom is 0.394 e. The summed E-state index contributed by atoms with van der Waals surface area (Å²) in [5.74, 6) is -1.82. The number of hydrogen-bond acceptors (Lipinski definition) is 3. The molecule has 0 radical (unpaired) electrons. The van der Waals surface area contributed by atoms with Gasteiger partial charge in [-0.05, 0) is 36.8 Å². The number of nitrogens with zero attached hydrogens (tertiary/aromatic N) is 3. The van der Waals surface area contributed by atoms with Crippen molar-refractivity contribution in [1.29, 1.82) is 0 Å². The van der Waals surface area contributed by atoms with Gasteiger partial charge in [-0.15, -0.1) is 0 Å². The molecule has 2 aromatic heterocycles.